The van der Waals surface area contributed by atoms with Gasteiger partial charge in [-0.05, 0) is 36.4 Å². The van der Waals surface area contributed by atoms with Gasteiger partial charge in [0.2, 0.25) is 0 Å². The van der Waals surface area contributed by atoms with Gasteiger partial charge in [0.15, 0.2) is 0 Å². The molecule has 1 saturated heterocycles. The minimum Gasteiger partial charge on any atom is -0.269 e. The highest BCUT2D eigenvalue weighted by Crippen LogP contribution is 2.15. The molecule has 0 amide bonds. The van der Waals surface area contributed by atoms with Crippen molar-refractivity contribution in [2.45, 2.75) is 40.5 Å². The van der Waals surface area contributed by atoms with Crippen LogP contribution < -0.4 is 5.32 Å². The van der Waals surface area contributed by atoms with E-state index in [2.05, 4.69) is 37.6 Å². The standard InChI is InChI=1S/C13H26N2S/c1-5-16-13(14-10-11(2)3)15-8-6-12(4)7-9-15/h11-12H,5-10H2,1-4H3/p+1. The lowest BCUT2D eigenvalue weighted by Crippen LogP contribution is -2.37. The van der Waals surface area contributed by atoms with Crippen LogP contribution in [0.2, 0.25) is 0 Å². The fraction of sp³-hybridized carbons (Fsp3) is 0.923. The highest BCUT2D eigenvalue weighted by Gasteiger charge is 2.20. The van der Waals surface area contributed by atoms with Gasteiger partial charge in [0.05, 0.1) is 19.6 Å². The Morgan fingerprint density at radius 1 is 1.38 bits per heavy atom. The zero-order valence-corrected chi connectivity index (χ0v) is 12.1. The first kappa shape index (κ1) is 13.9. The van der Waals surface area contributed by atoms with Crippen molar-refractivity contribution < 1.29 is 4.58 Å². The Morgan fingerprint density at radius 2 is 2.00 bits per heavy atom. The molecule has 0 aromatic heterocycles. The monoisotopic (exact) mass is 243 g/mol. The summed E-state index contributed by atoms with van der Waals surface area (Å²) in [5, 5.41) is 5.02. The Balaban J connectivity index is 2.55. The van der Waals surface area contributed by atoms with Crippen molar-refractivity contribution in [3.05, 3.63) is 0 Å². The average molecular weight is 243 g/mol. The number of piperidine rings is 1. The number of thioether (sulfide) groups is 1. The molecule has 1 heterocycles. The van der Waals surface area contributed by atoms with E-state index in [-0.39, 0.29) is 0 Å². The van der Waals surface area contributed by atoms with Crippen molar-refractivity contribution >= 4 is 16.9 Å². The molecule has 0 spiro atoms. The zero-order chi connectivity index (χ0) is 12.0. The highest BCUT2D eigenvalue weighted by atomic mass is 32.2. The first-order chi connectivity index (χ1) is 7.63. The molecule has 1 N–H and O–H groups in total. The lowest BCUT2D eigenvalue weighted by molar-refractivity contribution is -0.539. The molecule has 0 aromatic rings. The van der Waals surface area contributed by atoms with Crippen LogP contribution in [0.25, 0.3) is 0 Å². The summed E-state index contributed by atoms with van der Waals surface area (Å²) >= 11 is 1.96. The Kier molecular flexibility index (Phi) is 6.25. The van der Waals surface area contributed by atoms with Crippen LogP contribution in [0, 0.1) is 11.8 Å². The summed E-state index contributed by atoms with van der Waals surface area (Å²) in [6.07, 6.45) is 2.69. The third-order valence-corrected chi connectivity index (χ3v) is 3.98. The number of nitrogens with zero attached hydrogens (tertiary/aromatic N) is 1. The van der Waals surface area contributed by atoms with Gasteiger partial charge >= 0.3 is 5.17 Å². The third-order valence-electron chi connectivity index (χ3n) is 3.01. The van der Waals surface area contributed by atoms with Crippen molar-refractivity contribution in [1.29, 1.82) is 0 Å². The van der Waals surface area contributed by atoms with Gasteiger partial charge in [0.1, 0.15) is 0 Å². The molecular formula is C13H27N2S+. The topological polar surface area (TPSA) is 15.0 Å². The lowest BCUT2D eigenvalue weighted by Gasteiger charge is -2.21. The van der Waals surface area contributed by atoms with Gasteiger partial charge in [-0.15, -0.1) is 0 Å². The largest absolute Gasteiger partial charge is 0.306 e. The van der Waals surface area contributed by atoms with E-state index in [1.165, 1.54) is 31.1 Å². The van der Waals surface area contributed by atoms with Crippen molar-refractivity contribution in [3.63, 3.8) is 0 Å². The number of hydrogen-bond acceptors (Lipinski definition) is 1. The third kappa shape index (κ3) is 4.77. The summed E-state index contributed by atoms with van der Waals surface area (Å²) in [6, 6.07) is 0. The number of nitrogens with one attached hydrogen (secondary N) is 1. The Labute approximate surface area is 105 Å². The summed E-state index contributed by atoms with van der Waals surface area (Å²) < 4.78 is 2.54. The molecule has 0 aliphatic carbocycles. The molecule has 0 saturated carbocycles. The van der Waals surface area contributed by atoms with Crippen molar-refractivity contribution in [1.82, 2.24) is 5.32 Å². The van der Waals surface area contributed by atoms with E-state index in [9.17, 15) is 0 Å². The highest BCUT2D eigenvalue weighted by molar-refractivity contribution is 8.13. The van der Waals surface area contributed by atoms with E-state index in [1.807, 2.05) is 11.8 Å². The van der Waals surface area contributed by atoms with Gasteiger partial charge in [-0.2, -0.15) is 0 Å². The van der Waals surface area contributed by atoms with E-state index in [1.54, 1.807) is 0 Å². The van der Waals surface area contributed by atoms with E-state index in [0.717, 1.165) is 24.1 Å². The number of amidine groups is 1. The molecule has 0 atom stereocenters. The van der Waals surface area contributed by atoms with Crippen LogP contribution in [-0.4, -0.2) is 35.1 Å². The molecule has 0 unspecified atom stereocenters. The van der Waals surface area contributed by atoms with E-state index in [4.69, 9.17) is 0 Å². The average Bonchev–Trinajstić information content (AvgIpc) is 2.25. The lowest BCUT2D eigenvalue weighted by atomic mass is 10.0. The van der Waals surface area contributed by atoms with Gasteiger partial charge in [-0.3, -0.25) is 9.89 Å². The van der Waals surface area contributed by atoms with Crippen LogP contribution in [0.4, 0.5) is 0 Å². The van der Waals surface area contributed by atoms with Crippen LogP contribution in [0.15, 0.2) is 0 Å². The molecular weight excluding hydrogens is 216 g/mol. The molecule has 0 bridgehead atoms. The quantitative estimate of drug-likeness (QED) is 0.605. The zero-order valence-electron chi connectivity index (χ0n) is 11.3. The van der Waals surface area contributed by atoms with Gasteiger partial charge < -0.3 is 0 Å². The molecule has 16 heavy (non-hydrogen) atoms. The second kappa shape index (κ2) is 7.21. The fourth-order valence-electron chi connectivity index (χ4n) is 1.89. The van der Waals surface area contributed by atoms with E-state index in [0.29, 0.717) is 0 Å². The summed E-state index contributed by atoms with van der Waals surface area (Å²) in [4.78, 5) is 0. The minimum atomic E-state index is 0.719. The summed E-state index contributed by atoms with van der Waals surface area (Å²) in [5.41, 5.74) is 0. The maximum atomic E-state index is 3.61. The first-order valence-electron chi connectivity index (χ1n) is 6.62. The molecule has 94 valence electrons. The van der Waals surface area contributed by atoms with E-state index < -0.39 is 0 Å². The molecule has 1 fully saturated rings. The fourth-order valence-corrected chi connectivity index (χ4v) is 2.72. The van der Waals surface area contributed by atoms with Crippen molar-refractivity contribution in [2.75, 3.05) is 25.4 Å². The summed E-state index contributed by atoms with van der Waals surface area (Å²) in [7, 11) is 0. The molecule has 1 aliphatic heterocycles. The molecule has 1 rings (SSSR count). The molecule has 0 aromatic carbocycles. The maximum Gasteiger partial charge on any atom is 0.306 e. The van der Waals surface area contributed by atoms with Crippen molar-refractivity contribution in [3.8, 4) is 0 Å². The van der Waals surface area contributed by atoms with Crippen LogP contribution >= 0.6 is 11.8 Å². The van der Waals surface area contributed by atoms with Gasteiger partial charge in [0.25, 0.3) is 0 Å². The van der Waals surface area contributed by atoms with Crippen LogP contribution in [0.5, 0.6) is 0 Å². The Bertz CT molecular complexity index is 226. The Morgan fingerprint density at radius 3 is 2.50 bits per heavy atom. The minimum absolute atomic E-state index is 0.719. The normalized spacial score (nSPS) is 21.3. The predicted molar refractivity (Wildman–Crippen MR) is 74.4 cm³/mol. The van der Waals surface area contributed by atoms with Crippen molar-refractivity contribution in [2.24, 2.45) is 11.8 Å². The molecule has 1 aliphatic rings. The maximum absolute atomic E-state index is 3.61. The summed E-state index contributed by atoms with van der Waals surface area (Å²) in [6.45, 7) is 12.7. The summed E-state index contributed by atoms with van der Waals surface area (Å²) in [5.74, 6) is 2.79. The number of rotatable bonds is 3. The SMILES string of the molecule is CCSC(NCC(C)C)=[N+]1CCC(C)CC1. The number of hydrogen-bond donors (Lipinski definition) is 1. The van der Waals surface area contributed by atoms with Gasteiger partial charge in [-0.1, -0.05) is 27.7 Å². The second-order valence-corrected chi connectivity index (χ2v) is 6.44. The first-order valence-corrected chi connectivity index (χ1v) is 7.60. The Hall–Kier alpha value is -0.180. The predicted octanol–water partition coefficient (Wildman–Crippen LogP) is 2.78. The molecule has 3 heteroatoms. The van der Waals surface area contributed by atoms with Crippen LogP contribution in [-0.2, 0) is 0 Å². The smallest absolute Gasteiger partial charge is 0.269 e. The van der Waals surface area contributed by atoms with Gasteiger partial charge in [0, 0.05) is 5.75 Å². The van der Waals surface area contributed by atoms with Crippen LogP contribution in [0.1, 0.15) is 40.5 Å². The molecule has 0 radical (unpaired) electrons. The second-order valence-electron chi connectivity index (χ2n) is 5.18. The van der Waals surface area contributed by atoms with Gasteiger partial charge in [-0.25, -0.2) is 0 Å². The van der Waals surface area contributed by atoms with E-state index >= 15 is 0 Å². The molecule has 2 nitrogen and oxygen atoms in total. The van der Waals surface area contributed by atoms with Crippen LogP contribution in [0.3, 0.4) is 0 Å².